The Kier molecular flexibility index (Phi) is 6.98. The van der Waals surface area contributed by atoms with E-state index in [-0.39, 0.29) is 22.3 Å². The molecule has 7 rings (SSSR count). The maximum Gasteiger partial charge on any atom is 0.216 e. The molecule has 0 amide bonds. The Morgan fingerprint density at radius 2 is 1.25 bits per heavy atom. The van der Waals surface area contributed by atoms with Crippen molar-refractivity contribution < 1.29 is 4.74 Å². The van der Waals surface area contributed by atoms with Crippen LogP contribution in [-0.4, -0.2) is 18.5 Å². The second kappa shape index (κ2) is 10.4. The summed E-state index contributed by atoms with van der Waals surface area (Å²) < 4.78 is 6.49. The molecule has 0 saturated carbocycles. The summed E-state index contributed by atoms with van der Waals surface area (Å²) >= 11 is 0. The fraction of sp³-hybridized carbons (Fsp3) is 0.390. The van der Waals surface area contributed by atoms with Crippen LogP contribution in [0.15, 0.2) is 89.9 Å². The lowest BCUT2D eigenvalue weighted by Gasteiger charge is -2.34. The monoisotopic (exact) mass is 599 g/mol. The van der Waals surface area contributed by atoms with Crippen molar-refractivity contribution in [2.45, 2.75) is 90.5 Å². The number of aliphatic imine (C=N–C) groups is 1. The Morgan fingerprint density at radius 3 is 1.77 bits per heavy atom. The molecule has 0 N–H and O–H groups in total. The summed E-state index contributed by atoms with van der Waals surface area (Å²) in [7, 11) is -0.772. The summed E-state index contributed by atoms with van der Waals surface area (Å²) in [5.41, 5.74) is 9.85. The Balaban J connectivity index is 1.57. The summed E-state index contributed by atoms with van der Waals surface area (Å²) in [5.74, 6) is 1.31. The van der Waals surface area contributed by atoms with E-state index >= 15 is 0 Å². The molecule has 1 heterocycles. The average Bonchev–Trinajstić information content (AvgIpc) is 3.61. The third kappa shape index (κ3) is 4.59. The lowest BCUT2D eigenvalue weighted by molar-refractivity contribution is 0.291. The summed E-state index contributed by atoms with van der Waals surface area (Å²) in [4.78, 5) is 5.24. The number of fused-ring (bicyclic) bond motifs is 4. The molecule has 226 valence electrons. The highest BCUT2D eigenvalue weighted by atomic mass is 31.1. The molecule has 0 radical (unpaired) electrons. The summed E-state index contributed by atoms with van der Waals surface area (Å²) in [6.07, 6.45) is 2.18. The number of aryl methyl sites for hydroxylation is 2. The molecule has 0 aromatic heterocycles. The first kappa shape index (κ1) is 29.5. The molecule has 2 nitrogen and oxygen atoms in total. The molecule has 44 heavy (non-hydrogen) atoms. The molecular formula is C41H46NOP. The fourth-order valence-electron chi connectivity index (χ4n) is 8.68. The van der Waals surface area contributed by atoms with Crippen molar-refractivity contribution in [1.29, 1.82) is 0 Å². The third-order valence-corrected chi connectivity index (χ3v) is 12.9. The zero-order valence-electron chi connectivity index (χ0n) is 27.7. The Labute approximate surface area is 265 Å². The van der Waals surface area contributed by atoms with Crippen LogP contribution in [0.3, 0.4) is 0 Å². The number of rotatable bonds is 5. The molecule has 4 aromatic carbocycles. The van der Waals surface area contributed by atoms with E-state index in [0.717, 1.165) is 18.7 Å². The van der Waals surface area contributed by atoms with Gasteiger partial charge in [-0.15, -0.1) is 0 Å². The Bertz CT molecular complexity index is 1720. The zero-order valence-corrected chi connectivity index (χ0v) is 28.6. The number of nitrogens with zero attached hydrogens (tertiary/aromatic N) is 1. The van der Waals surface area contributed by atoms with Crippen molar-refractivity contribution in [3.8, 4) is 0 Å². The van der Waals surface area contributed by atoms with Gasteiger partial charge in [0.2, 0.25) is 5.90 Å². The maximum atomic E-state index is 6.49. The van der Waals surface area contributed by atoms with Gasteiger partial charge in [-0.1, -0.05) is 132 Å². The van der Waals surface area contributed by atoms with Crippen molar-refractivity contribution in [2.24, 2.45) is 10.9 Å². The molecule has 0 bridgehead atoms. The molecule has 0 saturated heterocycles. The number of benzene rings is 4. The first-order chi connectivity index (χ1) is 20.9. The molecule has 3 heteroatoms. The smallest absolute Gasteiger partial charge is 0.216 e. The van der Waals surface area contributed by atoms with E-state index in [2.05, 4.69) is 140 Å². The van der Waals surface area contributed by atoms with Gasteiger partial charge in [-0.05, 0) is 95.6 Å². The highest BCUT2D eigenvalue weighted by molar-refractivity contribution is 7.80. The van der Waals surface area contributed by atoms with Crippen LogP contribution >= 0.6 is 7.92 Å². The molecule has 2 atom stereocenters. The quantitative estimate of drug-likeness (QED) is 0.211. The normalized spacial score (nSPS) is 22.8. The number of hydrogen-bond donors (Lipinski definition) is 0. The van der Waals surface area contributed by atoms with Gasteiger partial charge in [-0.25, -0.2) is 4.99 Å². The minimum absolute atomic E-state index is 0.0226. The second-order valence-corrected chi connectivity index (χ2v) is 17.4. The van der Waals surface area contributed by atoms with Gasteiger partial charge in [0.15, 0.2) is 0 Å². The van der Waals surface area contributed by atoms with Crippen molar-refractivity contribution >= 4 is 29.7 Å². The van der Waals surface area contributed by atoms with Gasteiger partial charge in [-0.3, -0.25) is 0 Å². The third-order valence-electron chi connectivity index (χ3n) is 10.4. The van der Waals surface area contributed by atoms with Crippen molar-refractivity contribution in [2.75, 3.05) is 6.61 Å². The van der Waals surface area contributed by atoms with Crippen LogP contribution in [0, 0.1) is 19.8 Å². The maximum absolute atomic E-state index is 6.49. The molecule has 4 aromatic rings. The Hall–Kier alpha value is -3.22. The van der Waals surface area contributed by atoms with E-state index < -0.39 is 7.92 Å². The van der Waals surface area contributed by atoms with E-state index in [1.807, 2.05) is 0 Å². The molecular weight excluding hydrogens is 553 g/mol. The largest absolute Gasteiger partial charge is 0.475 e. The van der Waals surface area contributed by atoms with E-state index in [9.17, 15) is 0 Å². The average molecular weight is 600 g/mol. The van der Waals surface area contributed by atoms with E-state index in [1.54, 1.807) is 5.56 Å². The van der Waals surface area contributed by atoms with Crippen LogP contribution < -0.4 is 15.9 Å². The van der Waals surface area contributed by atoms with Crippen LogP contribution in [-0.2, 0) is 21.0 Å². The number of ether oxygens (including phenoxy) is 1. The van der Waals surface area contributed by atoms with Gasteiger partial charge in [0.05, 0.1) is 6.04 Å². The topological polar surface area (TPSA) is 21.6 Å². The van der Waals surface area contributed by atoms with Gasteiger partial charge in [0, 0.05) is 11.0 Å². The predicted octanol–water partition coefficient (Wildman–Crippen LogP) is 8.51. The van der Waals surface area contributed by atoms with Crippen LogP contribution in [0.4, 0.5) is 0 Å². The van der Waals surface area contributed by atoms with Crippen molar-refractivity contribution in [3.05, 3.63) is 124 Å². The summed E-state index contributed by atoms with van der Waals surface area (Å²) in [6.45, 7) is 19.6. The van der Waals surface area contributed by atoms with Crippen molar-refractivity contribution in [3.63, 3.8) is 0 Å². The predicted molar refractivity (Wildman–Crippen MR) is 188 cm³/mol. The van der Waals surface area contributed by atoms with E-state index in [1.165, 1.54) is 49.3 Å². The Morgan fingerprint density at radius 1 is 0.727 bits per heavy atom. The zero-order chi connectivity index (χ0) is 31.0. The highest BCUT2D eigenvalue weighted by Crippen LogP contribution is 2.64. The molecule has 1 aliphatic heterocycles. The summed E-state index contributed by atoms with van der Waals surface area (Å²) in [6, 6.07) is 32.6. The van der Waals surface area contributed by atoms with E-state index in [4.69, 9.17) is 9.73 Å². The molecule has 3 aliphatic rings. The molecule has 2 aliphatic carbocycles. The summed E-state index contributed by atoms with van der Waals surface area (Å²) in [5, 5.41) is 4.33. The molecule has 0 fully saturated rings. The first-order valence-electron chi connectivity index (χ1n) is 16.3. The minimum atomic E-state index is -0.772. The van der Waals surface area contributed by atoms with Crippen LogP contribution in [0.25, 0.3) is 0 Å². The highest BCUT2D eigenvalue weighted by Gasteiger charge is 2.59. The van der Waals surface area contributed by atoms with Gasteiger partial charge in [0.1, 0.15) is 6.61 Å². The van der Waals surface area contributed by atoms with Gasteiger partial charge < -0.3 is 4.74 Å². The lowest BCUT2D eigenvalue weighted by atomic mass is 9.71. The van der Waals surface area contributed by atoms with Crippen LogP contribution in [0.1, 0.15) is 93.3 Å². The second-order valence-electron chi connectivity index (χ2n) is 15.2. The van der Waals surface area contributed by atoms with Gasteiger partial charge in [-0.2, -0.15) is 0 Å². The van der Waals surface area contributed by atoms with E-state index in [0.29, 0.717) is 12.5 Å². The van der Waals surface area contributed by atoms with Crippen LogP contribution in [0.2, 0.25) is 0 Å². The lowest BCUT2D eigenvalue weighted by Crippen LogP contribution is -2.34. The standard InChI is InChI=1S/C41H46NOP/c1-26(2)34-23-43-38(42-34)31-19-27(3)20-32-36(31)41(24-39(32,5)6)25-40(7,8)33-21-28(4)22-35(37(33)41)44(29-15-11-9-12-16-29)30-17-13-10-14-18-30/h9-22,26,34H,23-25H2,1-8H3/t34-,41-/m1/s1. The van der Waals surface area contributed by atoms with Gasteiger partial charge in [0.25, 0.3) is 0 Å². The SMILES string of the molecule is Cc1cc(C2=N[C@@H](C(C)C)CO2)c2c(c1)C(C)(C)C[C@@]21CC(C)(C)c2cc(C)cc(P(c3ccccc3)c3ccccc3)c21. The minimum Gasteiger partial charge on any atom is -0.475 e. The van der Waals surface area contributed by atoms with Crippen molar-refractivity contribution in [1.82, 2.24) is 0 Å². The first-order valence-corrected chi connectivity index (χ1v) is 17.7. The van der Waals surface area contributed by atoms with Crippen LogP contribution in [0.5, 0.6) is 0 Å². The molecule has 1 spiro atoms. The molecule has 0 unspecified atom stereocenters. The number of hydrogen-bond acceptors (Lipinski definition) is 2. The van der Waals surface area contributed by atoms with Gasteiger partial charge >= 0.3 is 0 Å². The fourth-order valence-corrected chi connectivity index (χ4v) is 11.4.